The van der Waals surface area contributed by atoms with Crippen molar-refractivity contribution < 1.29 is 9.21 Å². The maximum absolute atomic E-state index is 10.5. The van der Waals surface area contributed by atoms with Gasteiger partial charge in [-0.05, 0) is 30.2 Å². The van der Waals surface area contributed by atoms with E-state index in [1.165, 1.54) is 11.3 Å². The van der Waals surface area contributed by atoms with Gasteiger partial charge in [0.15, 0.2) is 12.0 Å². The van der Waals surface area contributed by atoms with Crippen molar-refractivity contribution in [1.82, 2.24) is 0 Å². The number of carbonyl (C=O) groups excluding carboxylic acids is 1. The monoisotopic (exact) mass is 227 g/mol. The zero-order valence-electron chi connectivity index (χ0n) is 9.43. The Bertz CT molecular complexity index is 545. The SMILES string of the molecule is O=Cc1ccc(CN2CCc3ccccc32)o1. The van der Waals surface area contributed by atoms with Crippen LogP contribution in [0.4, 0.5) is 5.69 Å². The molecule has 17 heavy (non-hydrogen) atoms. The lowest BCUT2D eigenvalue weighted by Gasteiger charge is -2.17. The molecule has 3 nitrogen and oxygen atoms in total. The van der Waals surface area contributed by atoms with Crippen molar-refractivity contribution in [1.29, 1.82) is 0 Å². The summed E-state index contributed by atoms with van der Waals surface area (Å²) < 4.78 is 5.40. The van der Waals surface area contributed by atoms with E-state index < -0.39 is 0 Å². The van der Waals surface area contributed by atoms with Crippen molar-refractivity contribution in [2.45, 2.75) is 13.0 Å². The Hall–Kier alpha value is -2.03. The van der Waals surface area contributed by atoms with E-state index in [4.69, 9.17) is 4.42 Å². The summed E-state index contributed by atoms with van der Waals surface area (Å²) >= 11 is 0. The molecule has 1 aromatic heterocycles. The minimum atomic E-state index is 0.396. The number of furan rings is 1. The molecule has 0 N–H and O–H groups in total. The van der Waals surface area contributed by atoms with Crippen LogP contribution in [0.3, 0.4) is 0 Å². The molecular formula is C14H13NO2. The fraction of sp³-hybridized carbons (Fsp3) is 0.214. The van der Waals surface area contributed by atoms with Gasteiger partial charge < -0.3 is 9.32 Å². The van der Waals surface area contributed by atoms with E-state index in [1.54, 1.807) is 6.07 Å². The third-order valence-corrected chi connectivity index (χ3v) is 3.13. The van der Waals surface area contributed by atoms with Crippen molar-refractivity contribution in [2.24, 2.45) is 0 Å². The molecule has 3 heteroatoms. The highest BCUT2D eigenvalue weighted by atomic mass is 16.3. The second-order valence-corrected chi connectivity index (χ2v) is 4.22. The minimum Gasteiger partial charge on any atom is -0.456 e. The fourth-order valence-corrected chi connectivity index (χ4v) is 2.30. The molecule has 0 atom stereocenters. The lowest BCUT2D eigenvalue weighted by Crippen LogP contribution is -2.19. The van der Waals surface area contributed by atoms with E-state index in [0.717, 1.165) is 31.6 Å². The number of para-hydroxylation sites is 1. The molecule has 0 spiro atoms. The standard InChI is InChI=1S/C14H13NO2/c16-10-13-6-5-12(17-13)9-15-8-7-11-3-1-2-4-14(11)15/h1-6,10H,7-9H2. The number of hydrogen-bond acceptors (Lipinski definition) is 3. The third kappa shape index (κ3) is 1.84. The normalized spacial score (nSPS) is 13.8. The Balaban J connectivity index is 1.81. The molecular weight excluding hydrogens is 214 g/mol. The fourth-order valence-electron chi connectivity index (χ4n) is 2.30. The molecule has 1 aliphatic heterocycles. The average molecular weight is 227 g/mol. The molecule has 2 heterocycles. The number of hydrogen-bond donors (Lipinski definition) is 0. The molecule has 2 aromatic rings. The van der Waals surface area contributed by atoms with Crippen LogP contribution in [-0.4, -0.2) is 12.8 Å². The molecule has 0 saturated carbocycles. The zero-order valence-corrected chi connectivity index (χ0v) is 9.43. The van der Waals surface area contributed by atoms with Crippen LogP contribution in [0.25, 0.3) is 0 Å². The van der Waals surface area contributed by atoms with E-state index in [9.17, 15) is 4.79 Å². The number of aldehydes is 1. The number of carbonyl (C=O) groups is 1. The highest BCUT2D eigenvalue weighted by molar-refractivity contribution is 5.70. The largest absolute Gasteiger partial charge is 0.456 e. The quantitative estimate of drug-likeness (QED) is 0.756. The molecule has 1 aromatic carbocycles. The summed E-state index contributed by atoms with van der Waals surface area (Å²) in [6.45, 7) is 1.74. The molecule has 0 amide bonds. The van der Waals surface area contributed by atoms with Crippen LogP contribution in [0, 0.1) is 0 Å². The first-order valence-electron chi connectivity index (χ1n) is 5.73. The van der Waals surface area contributed by atoms with E-state index >= 15 is 0 Å². The van der Waals surface area contributed by atoms with E-state index in [2.05, 4.69) is 29.2 Å². The van der Waals surface area contributed by atoms with Crippen LogP contribution < -0.4 is 4.90 Å². The van der Waals surface area contributed by atoms with Crippen molar-refractivity contribution in [3.8, 4) is 0 Å². The molecule has 0 aliphatic carbocycles. The maximum atomic E-state index is 10.5. The van der Waals surface area contributed by atoms with Gasteiger partial charge in [0, 0.05) is 12.2 Å². The molecule has 0 radical (unpaired) electrons. The van der Waals surface area contributed by atoms with Crippen LogP contribution in [0.2, 0.25) is 0 Å². The summed E-state index contributed by atoms with van der Waals surface area (Å²) in [6.07, 6.45) is 1.82. The Morgan fingerprint density at radius 2 is 2.12 bits per heavy atom. The Labute approximate surface area is 99.7 Å². The number of benzene rings is 1. The molecule has 0 saturated heterocycles. The summed E-state index contributed by atoms with van der Waals surface area (Å²) in [4.78, 5) is 12.8. The van der Waals surface area contributed by atoms with Gasteiger partial charge in [-0.25, -0.2) is 0 Å². The van der Waals surface area contributed by atoms with Crippen LogP contribution in [0.5, 0.6) is 0 Å². The van der Waals surface area contributed by atoms with Gasteiger partial charge in [0.1, 0.15) is 5.76 Å². The summed E-state index contributed by atoms with van der Waals surface area (Å²) in [5, 5.41) is 0. The number of rotatable bonds is 3. The van der Waals surface area contributed by atoms with Crippen LogP contribution in [-0.2, 0) is 13.0 Å². The van der Waals surface area contributed by atoms with Crippen molar-refractivity contribution in [2.75, 3.05) is 11.4 Å². The van der Waals surface area contributed by atoms with E-state index in [0.29, 0.717) is 5.76 Å². The summed E-state index contributed by atoms with van der Waals surface area (Å²) in [5.74, 6) is 1.23. The summed E-state index contributed by atoms with van der Waals surface area (Å²) in [5.41, 5.74) is 2.66. The van der Waals surface area contributed by atoms with Gasteiger partial charge in [0.05, 0.1) is 6.54 Å². The summed E-state index contributed by atoms with van der Waals surface area (Å²) in [7, 11) is 0. The lowest BCUT2D eigenvalue weighted by molar-refractivity contribution is 0.109. The first-order chi connectivity index (χ1) is 8.36. The molecule has 0 bridgehead atoms. The first kappa shape index (κ1) is 10.1. The molecule has 0 unspecified atom stereocenters. The van der Waals surface area contributed by atoms with Gasteiger partial charge >= 0.3 is 0 Å². The van der Waals surface area contributed by atoms with E-state index in [1.807, 2.05) is 6.07 Å². The van der Waals surface area contributed by atoms with Crippen LogP contribution in [0.1, 0.15) is 21.9 Å². The van der Waals surface area contributed by atoms with Crippen molar-refractivity contribution in [3.63, 3.8) is 0 Å². The minimum absolute atomic E-state index is 0.396. The second kappa shape index (κ2) is 4.09. The number of nitrogens with zero attached hydrogens (tertiary/aromatic N) is 1. The second-order valence-electron chi connectivity index (χ2n) is 4.22. The molecule has 0 fully saturated rings. The smallest absolute Gasteiger partial charge is 0.185 e. The number of fused-ring (bicyclic) bond motifs is 1. The lowest BCUT2D eigenvalue weighted by atomic mass is 10.2. The Kier molecular flexibility index (Phi) is 2.44. The topological polar surface area (TPSA) is 33.5 Å². The van der Waals surface area contributed by atoms with Gasteiger partial charge in [0.25, 0.3) is 0 Å². The predicted octanol–water partition coefficient (Wildman–Crippen LogP) is 2.65. The molecule has 1 aliphatic rings. The Morgan fingerprint density at radius 1 is 1.24 bits per heavy atom. The highest BCUT2D eigenvalue weighted by Gasteiger charge is 2.19. The van der Waals surface area contributed by atoms with Crippen molar-refractivity contribution in [3.05, 3.63) is 53.5 Å². The highest BCUT2D eigenvalue weighted by Crippen LogP contribution is 2.28. The van der Waals surface area contributed by atoms with Gasteiger partial charge in [-0.3, -0.25) is 4.79 Å². The van der Waals surface area contributed by atoms with E-state index in [-0.39, 0.29) is 0 Å². The maximum Gasteiger partial charge on any atom is 0.185 e. The number of anilines is 1. The van der Waals surface area contributed by atoms with Crippen molar-refractivity contribution >= 4 is 12.0 Å². The van der Waals surface area contributed by atoms with Crippen LogP contribution in [0.15, 0.2) is 40.8 Å². The Morgan fingerprint density at radius 3 is 2.94 bits per heavy atom. The van der Waals surface area contributed by atoms with Gasteiger partial charge in [-0.2, -0.15) is 0 Å². The zero-order chi connectivity index (χ0) is 11.7. The van der Waals surface area contributed by atoms with Gasteiger partial charge in [0.2, 0.25) is 0 Å². The third-order valence-electron chi connectivity index (χ3n) is 3.13. The average Bonchev–Trinajstić information content (AvgIpc) is 2.97. The molecule has 3 rings (SSSR count). The predicted molar refractivity (Wildman–Crippen MR) is 65.3 cm³/mol. The van der Waals surface area contributed by atoms with Gasteiger partial charge in [-0.15, -0.1) is 0 Å². The van der Waals surface area contributed by atoms with Crippen LogP contribution >= 0.6 is 0 Å². The van der Waals surface area contributed by atoms with Gasteiger partial charge in [-0.1, -0.05) is 18.2 Å². The summed E-state index contributed by atoms with van der Waals surface area (Å²) in [6, 6.07) is 12.0. The first-order valence-corrected chi connectivity index (χ1v) is 5.73. The molecule has 86 valence electrons.